The van der Waals surface area contributed by atoms with E-state index >= 15 is 0 Å². The Balaban J connectivity index is 1.98. The number of aromatic carboxylic acids is 1. The van der Waals surface area contributed by atoms with Crippen LogP contribution in [-0.2, 0) is 11.7 Å². The molecule has 0 amide bonds. The number of hydrogen-bond acceptors (Lipinski definition) is 5. The van der Waals surface area contributed by atoms with E-state index in [-0.39, 0.29) is 16.1 Å². The Morgan fingerprint density at radius 1 is 1.28 bits per heavy atom. The van der Waals surface area contributed by atoms with Crippen molar-refractivity contribution in [2.24, 2.45) is 5.41 Å². The molecule has 1 aliphatic heterocycles. The number of aromatic nitrogens is 2. The van der Waals surface area contributed by atoms with Crippen molar-refractivity contribution in [3.8, 4) is 17.1 Å². The summed E-state index contributed by atoms with van der Waals surface area (Å²) in [5, 5.41) is 9.81. The third-order valence-corrected chi connectivity index (χ3v) is 12.6. The molecule has 0 saturated heterocycles. The largest absolute Gasteiger partial charge is 0.490 e. The maximum absolute atomic E-state index is 12.6. The first-order valence-electron chi connectivity index (χ1n) is 10.2. The molecule has 2 aromatic rings. The Labute approximate surface area is 218 Å². The van der Waals surface area contributed by atoms with Crippen molar-refractivity contribution in [2.45, 2.75) is 40.1 Å². The molecular formula is C22H23ClI2N2O5. The van der Waals surface area contributed by atoms with Crippen LogP contribution in [0.3, 0.4) is 0 Å². The van der Waals surface area contributed by atoms with Gasteiger partial charge in [-0.1, -0.05) is 70.6 Å². The average molecular weight is 685 g/mol. The first-order chi connectivity index (χ1) is 15.0. The van der Waals surface area contributed by atoms with Crippen LogP contribution in [0.15, 0.2) is 23.1 Å². The summed E-state index contributed by atoms with van der Waals surface area (Å²) in [5.41, 5.74) is 1.12. The highest BCUT2D eigenvalue weighted by Gasteiger charge is 2.66. The molecular weight excluding hydrogens is 662 g/mol. The van der Waals surface area contributed by atoms with Gasteiger partial charge in [-0.05, 0) is 24.3 Å². The van der Waals surface area contributed by atoms with Gasteiger partial charge in [-0.3, -0.25) is 4.79 Å². The SMILES string of the molecule is COCCCOc1cc2c(nc1Cl)-c1cc(=O)c(C(=O)O)cn1[C@@]1(I)C(C)(C)CC[C@@]21I. The number of hydrogen-bond donors (Lipinski definition) is 1. The van der Waals surface area contributed by atoms with E-state index in [1.165, 1.54) is 12.3 Å². The number of alkyl halides is 2. The van der Waals surface area contributed by atoms with Crippen molar-refractivity contribution in [1.29, 1.82) is 0 Å². The number of halogens is 3. The molecule has 1 fully saturated rings. The predicted octanol–water partition coefficient (Wildman–Crippen LogP) is 5.23. The lowest BCUT2D eigenvalue weighted by Crippen LogP contribution is -2.52. The van der Waals surface area contributed by atoms with Crippen LogP contribution in [0.4, 0.5) is 0 Å². The smallest absolute Gasteiger partial charge is 0.341 e. The van der Waals surface area contributed by atoms with E-state index in [9.17, 15) is 14.7 Å². The van der Waals surface area contributed by atoms with Gasteiger partial charge in [-0.2, -0.15) is 0 Å². The summed E-state index contributed by atoms with van der Waals surface area (Å²) >= 11 is 11.4. The van der Waals surface area contributed by atoms with Gasteiger partial charge in [0.2, 0.25) is 0 Å². The van der Waals surface area contributed by atoms with Crippen LogP contribution in [0.25, 0.3) is 11.4 Å². The van der Waals surface area contributed by atoms with Gasteiger partial charge in [-0.15, -0.1) is 0 Å². The number of carbonyl (C=O) groups is 1. The normalized spacial score (nSPS) is 25.1. The minimum Gasteiger partial charge on any atom is -0.490 e. The van der Waals surface area contributed by atoms with Crippen molar-refractivity contribution < 1.29 is 19.4 Å². The van der Waals surface area contributed by atoms with E-state index in [0.29, 0.717) is 30.4 Å². The van der Waals surface area contributed by atoms with Crippen LogP contribution >= 0.6 is 56.8 Å². The van der Waals surface area contributed by atoms with Gasteiger partial charge in [0.1, 0.15) is 9.11 Å². The van der Waals surface area contributed by atoms with Gasteiger partial charge in [0.25, 0.3) is 0 Å². The van der Waals surface area contributed by atoms with Gasteiger partial charge < -0.3 is 19.1 Å². The van der Waals surface area contributed by atoms with Crippen LogP contribution in [0.5, 0.6) is 5.75 Å². The summed E-state index contributed by atoms with van der Waals surface area (Å²) < 4.78 is 12.0. The molecule has 1 saturated carbocycles. The first-order valence-corrected chi connectivity index (χ1v) is 12.7. The van der Waals surface area contributed by atoms with Gasteiger partial charge >= 0.3 is 5.97 Å². The number of carboxylic acids is 1. The molecule has 1 N–H and O–H groups in total. The van der Waals surface area contributed by atoms with Crippen molar-refractivity contribution in [2.75, 3.05) is 20.3 Å². The predicted molar refractivity (Wildman–Crippen MR) is 139 cm³/mol. The second-order valence-corrected chi connectivity index (χ2v) is 12.5. The number of pyridine rings is 2. The number of methoxy groups -OCH3 is 1. The van der Waals surface area contributed by atoms with E-state index in [4.69, 9.17) is 21.1 Å². The summed E-state index contributed by atoms with van der Waals surface area (Å²) in [4.78, 5) is 29.0. The number of carboxylic acid groups (broad SMARTS) is 1. The van der Waals surface area contributed by atoms with E-state index in [0.717, 1.165) is 24.8 Å². The van der Waals surface area contributed by atoms with Crippen molar-refractivity contribution in [3.05, 3.63) is 44.8 Å². The molecule has 10 heteroatoms. The molecule has 3 heterocycles. The minimum absolute atomic E-state index is 0.189. The second kappa shape index (κ2) is 8.38. The fraction of sp³-hybridized carbons (Fsp3) is 0.500. The van der Waals surface area contributed by atoms with Crippen LogP contribution in [0.2, 0.25) is 5.15 Å². The standard InChI is InChI=1S/C22H23ClI2N2O5/c1-20(2)5-6-21(24)13-9-16(32-8-4-7-31-3)18(23)26-17(13)14-10-15(28)12(19(29)30)11-27(14)22(20,21)25/h9-11H,4-8H2,1-3H3,(H,29,30)/t21-,22+/m1/s1. The Kier molecular flexibility index (Phi) is 6.34. The highest BCUT2D eigenvalue weighted by molar-refractivity contribution is 14.1. The third kappa shape index (κ3) is 3.40. The maximum atomic E-state index is 12.6. The summed E-state index contributed by atoms with van der Waals surface area (Å²) in [6.07, 6.45) is 3.97. The zero-order valence-electron chi connectivity index (χ0n) is 17.9. The van der Waals surface area contributed by atoms with E-state index in [1.54, 1.807) is 7.11 Å². The molecule has 0 spiro atoms. The maximum Gasteiger partial charge on any atom is 0.341 e. The van der Waals surface area contributed by atoms with Gasteiger partial charge in [0.05, 0.1) is 21.4 Å². The molecule has 4 rings (SSSR count). The molecule has 32 heavy (non-hydrogen) atoms. The molecule has 0 unspecified atom stereocenters. The first kappa shape index (κ1) is 24.2. The molecule has 172 valence electrons. The third-order valence-electron chi connectivity index (χ3n) is 6.49. The Hall–Kier alpha value is -0.920. The fourth-order valence-corrected chi connectivity index (χ4v) is 7.86. The molecule has 2 aliphatic rings. The Morgan fingerprint density at radius 2 is 2.00 bits per heavy atom. The number of fused-ring (bicyclic) bond motifs is 6. The van der Waals surface area contributed by atoms with Crippen LogP contribution < -0.4 is 10.2 Å². The minimum atomic E-state index is -1.24. The molecule has 0 bridgehead atoms. The Bertz CT molecular complexity index is 1170. The van der Waals surface area contributed by atoms with Gasteiger partial charge in [-0.25, -0.2) is 9.78 Å². The summed E-state index contributed by atoms with van der Waals surface area (Å²) in [5.74, 6) is -0.740. The van der Waals surface area contributed by atoms with Gasteiger partial charge in [0, 0.05) is 38.0 Å². The highest BCUT2D eigenvalue weighted by Crippen LogP contribution is 2.71. The van der Waals surface area contributed by atoms with Crippen molar-refractivity contribution in [3.63, 3.8) is 0 Å². The van der Waals surface area contributed by atoms with E-state index in [2.05, 4.69) is 64.0 Å². The highest BCUT2D eigenvalue weighted by atomic mass is 127. The molecule has 0 radical (unpaired) electrons. The molecule has 0 aromatic carbocycles. The topological polar surface area (TPSA) is 90.7 Å². The fourth-order valence-electron chi connectivity index (χ4n) is 4.77. The Morgan fingerprint density at radius 3 is 2.66 bits per heavy atom. The number of rotatable bonds is 6. The molecule has 1 aliphatic carbocycles. The summed E-state index contributed by atoms with van der Waals surface area (Å²) in [6.45, 7) is 5.39. The molecule has 7 nitrogen and oxygen atoms in total. The van der Waals surface area contributed by atoms with Gasteiger partial charge in [0.15, 0.2) is 16.3 Å². The lowest BCUT2D eigenvalue weighted by Gasteiger charge is -2.51. The van der Waals surface area contributed by atoms with Crippen molar-refractivity contribution in [1.82, 2.24) is 9.55 Å². The average Bonchev–Trinajstić information content (AvgIpc) is 2.92. The lowest BCUT2D eigenvalue weighted by molar-refractivity contribution is 0.0693. The zero-order valence-corrected chi connectivity index (χ0v) is 22.9. The van der Waals surface area contributed by atoms with Crippen LogP contribution in [0, 0.1) is 5.41 Å². The number of ether oxygens (including phenoxy) is 2. The zero-order chi connectivity index (χ0) is 23.5. The summed E-state index contributed by atoms with van der Waals surface area (Å²) in [6, 6.07) is 3.31. The molecule has 2 aromatic heterocycles. The monoisotopic (exact) mass is 684 g/mol. The van der Waals surface area contributed by atoms with E-state index in [1.807, 2.05) is 10.6 Å². The lowest BCUT2D eigenvalue weighted by atomic mass is 9.78. The van der Waals surface area contributed by atoms with Crippen LogP contribution in [-0.4, -0.2) is 41.0 Å². The summed E-state index contributed by atoms with van der Waals surface area (Å²) in [7, 11) is 1.64. The second-order valence-electron chi connectivity index (χ2n) is 8.79. The number of nitrogens with zero attached hydrogens (tertiary/aromatic N) is 2. The van der Waals surface area contributed by atoms with Crippen molar-refractivity contribution >= 4 is 62.8 Å². The quantitative estimate of drug-likeness (QED) is 0.194. The van der Waals surface area contributed by atoms with Crippen LogP contribution in [0.1, 0.15) is 49.0 Å². The van der Waals surface area contributed by atoms with E-state index < -0.39 is 18.4 Å². The molecule has 2 atom stereocenters.